The van der Waals surface area contributed by atoms with Gasteiger partial charge in [-0.2, -0.15) is 0 Å². The predicted molar refractivity (Wildman–Crippen MR) is 89.7 cm³/mol. The molecule has 2 aromatic rings. The number of ether oxygens (including phenoxy) is 2. The largest absolute Gasteiger partial charge is 0.493 e. The molecule has 0 fully saturated rings. The highest BCUT2D eigenvalue weighted by atomic mass is 79.9. The van der Waals surface area contributed by atoms with Crippen molar-refractivity contribution in [3.63, 3.8) is 0 Å². The molecule has 1 atom stereocenters. The van der Waals surface area contributed by atoms with Gasteiger partial charge in [0.2, 0.25) is 0 Å². The lowest BCUT2D eigenvalue weighted by atomic mass is 9.99. The number of methoxy groups -OCH3 is 2. The first-order valence-electron chi connectivity index (χ1n) is 6.10. The summed E-state index contributed by atoms with van der Waals surface area (Å²) in [7, 11) is 3.17. The average molecular weight is 391 g/mol. The summed E-state index contributed by atoms with van der Waals surface area (Å²) in [5.74, 6) is 1.25. The normalized spacial score (nSPS) is 12.1. The molecule has 0 amide bonds. The van der Waals surface area contributed by atoms with Crippen molar-refractivity contribution in [3.8, 4) is 11.5 Å². The molecule has 0 aliphatic rings. The molecule has 0 spiro atoms. The highest BCUT2D eigenvalue weighted by Crippen LogP contribution is 2.38. The lowest BCUT2D eigenvalue weighted by molar-refractivity contribution is 0.354. The molecule has 0 aliphatic carbocycles. The molecule has 0 aliphatic heterocycles. The van der Waals surface area contributed by atoms with E-state index < -0.39 is 0 Å². The molecule has 0 heterocycles. The molecule has 0 bridgehead atoms. The minimum Gasteiger partial charge on any atom is -0.493 e. The SMILES string of the molecule is COc1cc(Br)c(C(N)c2ccc(Cl)c(Cl)c2)cc1OC. The second-order valence-electron chi connectivity index (χ2n) is 4.38. The molecule has 0 aromatic heterocycles. The van der Waals surface area contributed by atoms with Gasteiger partial charge in [0.15, 0.2) is 11.5 Å². The monoisotopic (exact) mass is 389 g/mol. The molecule has 2 aromatic carbocycles. The highest BCUT2D eigenvalue weighted by Gasteiger charge is 2.17. The zero-order chi connectivity index (χ0) is 15.6. The van der Waals surface area contributed by atoms with E-state index in [1.807, 2.05) is 18.2 Å². The zero-order valence-electron chi connectivity index (χ0n) is 11.5. The van der Waals surface area contributed by atoms with Crippen molar-refractivity contribution in [2.75, 3.05) is 14.2 Å². The third-order valence-electron chi connectivity index (χ3n) is 3.14. The fourth-order valence-corrected chi connectivity index (χ4v) is 2.87. The molecular weight excluding hydrogens is 377 g/mol. The minimum absolute atomic E-state index is 0.367. The lowest BCUT2D eigenvalue weighted by Crippen LogP contribution is -2.13. The van der Waals surface area contributed by atoms with Crippen molar-refractivity contribution in [3.05, 3.63) is 56.0 Å². The van der Waals surface area contributed by atoms with Crippen LogP contribution in [0, 0.1) is 0 Å². The van der Waals surface area contributed by atoms with E-state index >= 15 is 0 Å². The Hall–Kier alpha value is -0.940. The predicted octanol–water partition coefficient (Wildman–Crippen LogP) is 4.82. The van der Waals surface area contributed by atoms with E-state index in [4.69, 9.17) is 38.4 Å². The fourth-order valence-electron chi connectivity index (χ4n) is 1.99. The van der Waals surface area contributed by atoms with Crippen LogP contribution in [0.2, 0.25) is 10.0 Å². The molecule has 6 heteroatoms. The summed E-state index contributed by atoms with van der Waals surface area (Å²) in [5.41, 5.74) is 8.05. The Morgan fingerprint density at radius 3 is 2.19 bits per heavy atom. The Bertz CT molecular complexity index is 664. The van der Waals surface area contributed by atoms with Crippen LogP contribution < -0.4 is 15.2 Å². The molecule has 0 saturated carbocycles. The average Bonchev–Trinajstić information content (AvgIpc) is 2.49. The summed E-state index contributed by atoms with van der Waals surface area (Å²) in [5, 5.41) is 0.972. The van der Waals surface area contributed by atoms with Gasteiger partial charge in [0.1, 0.15) is 0 Å². The first kappa shape index (κ1) is 16.4. The van der Waals surface area contributed by atoms with Gasteiger partial charge in [-0.05, 0) is 35.4 Å². The van der Waals surface area contributed by atoms with Crippen molar-refractivity contribution >= 4 is 39.1 Å². The zero-order valence-corrected chi connectivity index (χ0v) is 14.6. The molecule has 0 saturated heterocycles. The highest BCUT2D eigenvalue weighted by molar-refractivity contribution is 9.10. The van der Waals surface area contributed by atoms with Gasteiger partial charge in [-0.15, -0.1) is 0 Å². The van der Waals surface area contributed by atoms with E-state index in [0.717, 1.165) is 15.6 Å². The molecule has 2 N–H and O–H groups in total. The number of hydrogen-bond donors (Lipinski definition) is 1. The summed E-state index contributed by atoms with van der Waals surface area (Å²) in [6.45, 7) is 0. The van der Waals surface area contributed by atoms with E-state index in [0.29, 0.717) is 21.5 Å². The van der Waals surface area contributed by atoms with Gasteiger partial charge < -0.3 is 15.2 Å². The maximum atomic E-state index is 6.32. The van der Waals surface area contributed by atoms with Crippen LogP contribution in [0.3, 0.4) is 0 Å². The van der Waals surface area contributed by atoms with Crippen molar-refractivity contribution in [1.82, 2.24) is 0 Å². The van der Waals surface area contributed by atoms with E-state index in [1.54, 1.807) is 26.4 Å². The third kappa shape index (κ3) is 3.46. The maximum Gasteiger partial charge on any atom is 0.161 e. The van der Waals surface area contributed by atoms with Crippen LogP contribution in [0.25, 0.3) is 0 Å². The Kier molecular flexibility index (Phi) is 5.38. The second-order valence-corrected chi connectivity index (χ2v) is 6.05. The molecule has 3 nitrogen and oxygen atoms in total. The number of rotatable bonds is 4. The topological polar surface area (TPSA) is 44.5 Å². The number of benzene rings is 2. The van der Waals surface area contributed by atoms with Gasteiger partial charge in [0, 0.05) is 4.47 Å². The number of nitrogens with two attached hydrogens (primary N) is 1. The standard InChI is InChI=1S/C15H14BrCl2NO2/c1-20-13-6-9(10(16)7-14(13)21-2)15(19)8-3-4-11(17)12(18)5-8/h3-7,15H,19H2,1-2H3. The van der Waals surface area contributed by atoms with Crippen LogP contribution in [0.15, 0.2) is 34.8 Å². The van der Waals surface area contributed by atoms with Gasteiger partial charge >= 0.3 is 0 Å². The molecular formula is C15H14BrCl2NO2. The van der Waals surface area contributed by atoms with Crippen molar-refractivity contribution in [1.29, 1.82) is 0 Å². The molecule has 112 valence electrons. The van der Waals surface area contributed by atoms with Crippen LogP contribution in [-0.4, -0.2) is 14.2 Å². The summed E-state index contributed by atoms with van der Waals surface area (Å²) >= 11 is 15.5. The van der Waals surface area contributed by atoms with E-state index in [9.17, 15) is 0 Å². The van der Waals surface area contributed by atoms with Crippen molar-refractivity contribution in [2.45, 2.75) is 6.04 Å². The Morgan fingerprint density at radius 2 is 1.62 bits per heavy atom. The summed E-state index contributed by atoms with van der Waals surface area (Å²) in [6, 6.07) is 8.64. The molecule has 0 radical (unpaired) electrons. The Morgan fingerprint density at radius 1 is 1.00 bits per heavy atom. The lowest BCUT2D eigenvalue weighted by Gasteiger charge is -2.18. The van der Waals surface area contributed by atoms with Crippen molar-refractivity contribution in [2.24, 2.45) is 5.73 Å². The fraction of sp³-hybridized carbons (Fsp3) is 0.200. The van der Waals surface area contributed by atoms with E-state index in [1.165, 1.54) is 0 Å². The minimum atomic E-state index is -0.367. The van der Waals surface area contributed by atoms with Gasteiger partial charge in [0.05, 0.1) is 30.3 Å². The van der Waals surface area contributed by atoms with Gasteiger partial charge in [0.25, 0.3) is 0 Å². The van der Waals surface area contributed by atoms with Crippen LogP contribution >= 0.6 is 39.1 Å². The summed E-state index contributed by atoms with van der Waals surface area (Å²) in [6.07, 6.45) is 0. The van der Waals surface area contributed by atoms with Gasteiger partial charge in [-0.1, -0.05) is 45.2 Å². The molecule has 2 rings (SSSR count). The van der Waals surface area contributed by atoms with Gasteiger partial charge in [-0.3, -0.25) is 0 Å². The Balaban J connectivity index is 2.47. The first-order valence-corrected chi connectivity index (χ1v) is 7.64. The Labute approximate surface area is 142 Å². The van der Waals surface area contributed by atoms with Crippen LogP contribution in [0.1, 0.15) is 17.2 Å². The van der Waals surface area contributed by atoms with Crippen LogP contribution in [0.4, 0.5) is 0 Å². The molecule has 1 unspecified atom stereocenters. The van der Waals surface area contributed by atoms with Crippen LogP contribution in [-0.2, 0) is 0 Å². The summed E-state index contributed by atoms with van der Waals surface area (Å²) < 4.78 is 11.4. The third-order valence-corrected chi connectivity index (χ3v) is 4.57. The van der Waals surface area contributed by atoms with E-state index in [-0.39, 0.29) is 6.04 Å². The molecule has 21 heavy (non-hydrogen) atoms. The maximum absolute atomic E-state index is 6.32. The van der Waals surface area contributed by atoms with Crippen molar-refractivity contribution < 1.29 is 9.47 Å². The number of halogens is 3. The van der Waals surface area contributed by atoms with E-state index in [2.05, 4.69) is 15.9 Å². The quantitative estimate of drug-likeness (QED) is 0.813. The smallest absolute Gasteiger partial charge is 0.161 e. The van der Waals surface area contributed by atoms with Crippen LogP contribution in [0.5, 0.6) is 11.5 Å². The second kappa shape index (κ2) is 6.88. The summed E-state index contributed by atoms with van der Waals surface area (Å²) in [4.78, 5) is 0. The van der Waals surface area contributed by atoms with Gasteiger partial charge in [-0.25, -0.2) is 0 Å². The first-order chi connectivity index (χ1) is 9.97. The number of hydrogen-bond acceptors (Lipinski definition) is 3.